The molecule has 4 heteroatoms. The van der Waals surface area contributed by atoms with Gasteiger partial charge in [0, 0.05) is 12.1 Å². The lowest BCUT2D eigenvalue weighted by molar-refractivity contribution is 0.101. The van der Waals surface area contributed by atoms with E-state index in [1.54, 1.807) is 29.5 Å². The number of ether oxygens (including phenoxy) is 1. The molecule has 94 valence electrons. The lowest BCUT2D eigenvalue weighted by Gasteiger charge is -2.10. The molecule has 1 heterocycles. The molecular weight excluding hydrogens is 246 g/mol. The van der Waals surface area contributed by atoms with Crippen molar-refractivity contribution in [2.45, 2.75) is 13.3 Å². The number of benzene rings is 1. The summed E-state index contributed by atoms with van der Waals surface area (Å²) in [5.74, 6) is 0.569. The van der Waals surface area contributed by atoms with Gasteiger partial charge in [-0.1, -0.05) is 0 Å². The van der Waals surface area contributed by atoms with Crippen molar-refractivity contribution in [2.24, 2.45) is 0 Å². The van der Waals surface area contributed by atoms with E-state index in [1.165, 1.54) is 12.5 Å². The summed E-state index contributed by atoms with van der Waals surface area (Å²) in [7, 11) is 0. The summed E-state index contributed by atoms with van der Waals surface area (Å²) < 4.78 is 5.65. The number of nitrogen functional groups attached to an aromatic ring is 1. The highest BCUT2D eigenvalue weighted by molar-refractivity contribution is 7.07. The summed E-state index contributed by atoms with van der Waals surface area (Å²) in [6.07, 6.45) is 0.839. The maximum atomic E-state index is 11.5. The first-order valence-electron chi connectivity index (χ1n) is 5.71. The van der Waals surface area contributed by atoms with E-state index in [0.717, 1.165) is 6.42 Å². The number of hydrogen-bond acceptors (Lipinski definition) is 4. The first-order valence-corrected chi connectivity index (χ1v) is 6.65. The molecule has 0 atom stereocenters. The van der Waals surface area contributed by atoms with Crippen LogP contribution in [0, 0.1) is 0 Å². The summed E-state index contributed by atoms with van der Waals surface area (Å²) in [5.41, 5.74) is 8.03. The largest absolute Gasteiger partial charge is 0.492 e. The molecule has 0 saturated heterocycles. The number of thiophene rings is 1. The Morgan fingerprint density at radius 2 is 2.22 bits per heavy atom. The molecule has 18 heavy (non-hydrogen) atoms. The smallest absolute Gasteiger partial charge is 0.163 e. The minimum atomic E-state index is -0.0344. The molecule has 2 rings (SSSR count). The van der Waals surface area contributed by atoms with Crippen LogP contribution in [0.5, 0.6) is 5.75 Å². The highest BCUT2D eigenvalue weighted by Gasteiger charge is 2.08. The van der Waals surface area contributed by atoms with E-state index in [9.17, 15) is 4.79 Å². The highest BCUT2D eigenvalue weighted by atomic mass is 32.1. The van der Waals surface area contributed by atoms with Crippen molar-refractivity contribution in [3.8, 4) is 5.75 Å². The second kappa shape index (κ2) is 5.69. The van der Waals surface area contributed by atoms with Crippen molar-refractivity contribution in [3.63, 3.8) is 0 Å². The molecule has 0 radical (unpaired) electrons. The van der Waals surface area contributed by atoms with E-state index in [-0.39, 0.29) is 5.78 Å². The first kappa shape index (κ1) is 12.6. The first-order chi connectivity index (χ1) is 8.66. The zero-order valence-electron chi connectivity index (χ0n) is 10.2. The van der Waals surface area contributed by atoms with Crippen LogP contribution in [-0.2, 0) is 6.42 Å². The molecule has 2 aromatic rings. The summed E-state index contributed by atoms with van der Waals surface area (Å²) in [6.45, 7) is 2.07. The van der Waals surface area contributed by atoms with Gasteiger partial charge in [-0.25, -0.2) is 0 Å². The van der Waals surface area contributed by atoms with Crippen LogP contribution in [0.2, 0.25) is 0 Å². The Morgan fingerprint density at radius 1 is 1.39 bits per heavy atom. The van der Waals surface area contributed by atoms with Crippen molar-refractivity contribution in [3.05, 3.63) is 46.2 Å². The fourth-order valence-electron chi connectivity index (χ4n) is 1.66. The van der Waals surface area contributed by atoms with Crippen LogP contribution in [0.3, 0.4) is 0 Å². The highest BCUT2D eigenvalue weighted by Crippen LogP contribution is 2.22. The Kier molecular flexibility index (Phi) is 3.99. The Bertz CT molecular complexity index is 535. The van der Waals surface area contributed by atoms with Gasteiger partial charge < -0.3 is 10.5 Å². The third kappa shape index (κ3) is 3.11. The predicted octanol–water partition coefficient (Wildman–Crippen LogP) is 3.15. The van der Waals surface area contributed by atoms with Gasteiger partial charge in [0.15, 0.2) is 5.78 Å². The standard InChI is InChI=1S/C14H15NO2S/c1-10(16)13-8-12(15)2-3-14(13)17-6-4-11-5-7-18-9-11/h2-3,5,7-9H,4,6,15H2,1H3. The number of carbonyl (C=O) groups is 1. The average molecular weight is 261 g/mol. The number of anilines is 1. The van der Waals surface area contributed by atoms with Gasteiger partial charge in [-0.2, -0.15) is 11.3 Å². The molecule has 0 aliphatic rings. The van der Waals surface area contributed by atoms with Gasteiger partial charge in [0.25, 0.3) is 0 Å². The quantitative estimate of drug-likeness (QED) is 0.664. The third-order valence-electron chi connectivity index (χ3n) is 2.61. The molecule has 3 nitrogen and oxygen atoms in total. The summed E-state index contributed by atoms with van der Waals surface area (Å²) >= 11 is 1.67. The van der Waals surface area contributed by atoms with E-state index in [1.807, 2.05) is 5.38 Å². The number of hydrogen-bond donors (Lipinski definition) is 1. The Morgan fingerprint density at radius 3 is 2.89 bits per heavy atom. The SMILES string of the molecule is CC(=O)c1cc(N)ccc1OCCc1ccsc1. The Hall–Kier alpha value is -1.81. The van der Waals surface area contributed by atoms with Gasteiger partial charge in [0.2, 0.25) is 0 Å². The van der Waals surface area contributed by atoms with Crippen LogP contribution in [0.4, 0.5) is 5.69 Å². The number of carbonyl (C=O) groups excluding carboxylic acids is 1. The normalized spacial score (nSPS) is 10.3. The minimum absolute atomic E-state index is 0.0344. The minimum Gasteiger partial charge on any atom is -0.492 e. The molecule has 0 bridgehead atoms. The number of ketones is 1. The van der Waals surface area contributed by atoms with Crippen LogP contribution < -0.4 is 10.5 Å². The summed E-state index contributed by atoms with van der Waals surface area (Å²) in [6, 6.07) is 7.22. The molecule has 0 aliphatic heterocycles. The van der Waals surface area contributed by atoms with Gasteiger partial charge in [-0.3, -0.25) is 4.79 Å². The molecule has 0 spiro atoms. The monoisotopic (exact) mass is 261 g/mol. The van der Waals surface area contributed by atoms with Gasteiger partial charge in [0.05, 0.1) is 12.2 Å². The van der Waals surface area contributed by atoms with Gasteiger partial charge >= 0.3 is 0 Å². The zero-order chi connectivity index (χ0) is 13.0. The van der Waals surface area contributed by atoms with Crippen molar-refractivity contribution in [1.82, 2.24) is 0 Å². The van der Waals surface area contributed by atoms with Crippen molar-refractivity contribution in [2.75, 3.05) is 12.3 Å². The molecule has 0 saturated carbocycles. The molecule has 1 aromatic heterocycles. The van der Waals surface area contributed by atoms with Crippen LogP contribution >= 0.6 is 11.3 Å². The second-order valence-electron chi connectivity index (χ2n) is 4.04. The van der Waals surface area contributed by atoms with Crippen LogP contribution in [0.25, 0.3) is 0 Å². The van der Waals surface area contributed by atoms with Crippen LogP contribution in [0.1, 0.15) is 22.8 Å². The lowest BCUT2D eigenvalue weighted by atomic mass is 10.1. The maximum Gasteiger partial charge on any atom is 0.163 e. The molecule has 0 aliphatic carbocycles. The predicted molar refractivity (Wildman–Crippen MR) is 74.4 cm³/mol. The summed E-state index contributed by atoms with van der Waals surface area (Å²) in [5, 5.41) is 4.14. The molecule has 1 aromatic carbocycles. The van der Waals surface area contributed by atoms with Gasteiger partial charge in [0.1, 0.15) is 5.75 Å². The fraction of sp³-hybridized carbons (Fsp3) is 0.214. The number of nitrogens with two attached hydrogens (primary N) is 1. The van der Waals surface area contributed by atoms with E-state index >= 15 is 0 Å². The Balaban J connectivity index is 2.02. The van der Waals surface area contributed by atoms with E-state index in [0.29, 0.717) is 23.6 Å². The summed E-state index contributed by atoms with van der Waals surface area (Å²) in [4.78, 5) is 11.5. The van der Waals surface area contributed by atoms with Crippen molar-refractivity contribution < 1.29 is 9.53 Å². The van der Waals surface area contributed by atoms with Gasteiger partial charge in [-0.15, -0.1) is 0 Å². The van der Waals surface area contributed by atoms with Crippen LogP contribution in [-0.4, -0.2) is 12.4 Å². The zero-order valence-corrected chi connectivity index (χ0v) is 11.0. The van der Waals surface area contributed by atoms with E-state index < -0.39 is 0 Å². The molecule has 0 amide bonds. The van der Waals surface area contributed by atoms with Gasteiger partial charge in [-0.05, 0) is 47.5 Å². The topological polar surface area (TPSA) is 52.3 Å². The number of rotatable bonds is 5. The van der Waals surface area contributed by atoms with E-state index in [4.69, 9.17) is 10.5 Å². The lowest BCUT2D eigenvalue weighted by Crippen LogP contribution is -2.05. The van der Waals surface area contributed by atoms with Crippen molar-refractivity contribution in [1.29, 1.82) is 0 Å². The van der Waals surface area contributed by atoms with Crippen molar-refractivity contribution >= 4 is 22.8 Å². The number of Topliss-reactive ketones (excluding diaryl/α,β-unsaturated/α-hetero) is 1. The molecule has 0 fully saturated rings. The molecule has 0 unspecified atom stereocenters. The second-order valence-corrected chi connectivity index (χ2v) is 4.82. The van der Waals surface area contributed by atoms with E-state index in [2.05, 4.69) is 11.4 Å². The maximum absolute atomic E-state index is 11.5. The fourth-order valence-corrected chi connectivity index (χ4v) is 2.37. The van der Waals surface area contributed by atoms with Crippen LogP contribution in [0.15, 0.2) is 35.0 Å². The Labute approximate surface area is 110 Å². The third-order valence-corrected chi connectivity index (χ3v) is 3.34. The average Bonchev–Trinajstić information content (AvgIpc) is 2.84. The molecular formula is C14H15NO2S. The molecule has 2 N–H and O–H groups in total.